The van der Waals surface area contributed by atoms with Crippen LogP contribution in [-0.4, -0.2) is 25.2 Å². The number of carbonyl (C=O) groups excluding carboxylic acids is 2. The summed E-state index contributed by atoms with van der Waals surface area (Å²) in [7, 11) is 0. The molecule has 0 unspecified atom stereocenters. The summed E-state index contributed by atoms with van der Waals surface area (Å²) < 4.78 is 9.83. The molecule has 0 aliphatic heterocycles. The molecule has 0 fully saturated rings. The molecule has 0 N–H and O–H groups in total. The lowest BCUT2D eigenvalue weighted by atomic mass is 10.2. The molecular weight excluding hydrogens is 220 g/mol. The minimum atomic E-state index is -0.402. The molecule has 0 aliphatic rings. The van der Waals surface area contributed by atoms with E-state index in [1.165, 1.54) is 0 Å². The molecule has 0 heterocycles. The van der Waals surface area contributed by atoms with E-state index in [4.69, 9.17) is 9.47 Å². The van der Waals surface area contributed by atoms with Gasteiger partial charge in [0.15, 0.2) is 0 Å². The van der Waals surface area contributed by atoms with Crippen molar-refractivity contribution in [3.8, 4) is 0 Å². The third-order valence-corrected chi connectivity index (χ3v) is 2.01. The average Bonchev–Trinajstić information content (AvgIpc) is 2.30. The summed E-state index contributed by atoms with van der Waals surface area (Å²) in [5.41, 5.74) is 0. The highest BCUT2D eigenvalue weighted by molar-refractivity contribution is 5.81. The summed E-state index contributed by atoms with van der Waals surface area (Å²) in [4.78, 5) is 21.9. The number of hydrogen-bond acceptors (Lipinski definition) is 4. The van der Waals surface area contributed by atoms with Gasteiger partial charge in [0.1, 0.15) is 0 Å². The van der Waals surface area contributed by atoms with Crippen LogP contribution in [-0.2, 0) is 19.1 Å². The highest BCUT2D eigenvalue weighted by Crippen LogP contribution is 2.03. The zero-order chi connectivity index (χ0) is 13.1. The van der Waals surface area contributed by atoms with Crippen molar-refractivity contribution < 1.29 is 19.1 Å². The van der Waals surface area contributed by atoms with Gasteiger partial charge >= 0.3 is 11.9 Å². The van der Waals surface area contributed by atoms with Crippen molar-refractivity contribution in [2.45, 2.75) is 39.5 Å². The Morgan fingerprint density at radius 3 is 2.47 bits per heavy atom. The molecule has 0 atom stereocenters. The Kier molecular flexibility index (Phi) is 9.11. The van der Waals surface area contributed by atoms with Crippen LogP contribution in [0.3, 0.4) is 0 Å². The molecule has 0 spiro atoms. The molecule has 4 nitrogen and oxygen atoms in total. The van der Waals surface area contributed by atoms with Crippen LogP contribution < -0.4 is 0 Å². The van der Waals surface area contributed by atoms with Crippen LogP contribution in [0.5, 0.6) is 0 Å². The molecule has 0 rings (SSSR count). The molecule has 0 aromatic carbocycles. The van der Waals surface area contributed by atoms with Gasteiger partial charge in [-0.25, -0.2) is 4.79 Å². The molecule has 0 saturated heterocycles. The molecule has 4 heteroatoms. The van der Waals surface area contributed by atoms with Crippen molar-refractivity contribution in [1.29, 1.82) is 0 Å². The first-order valence-electron chi connectivity index (χ1n) is 6.01. The maximum atomic E-state index is 11.2. The molecule has 0 radical (unpaired) electrons. The lowest BCUT2D eigenvalue weighted by Crippen LogP contribution is -2.09. The van der Waals surface area contributed by atoms with Gasteiger partial charge in [0.2, 0.25) is 0 Å². The van der Waals surface area contributed by atoms with E-state index in [2.05, 4.69) is 6.58 Å². The third kappa shape index (κ3) is 11.0. The van der Waals surface area contributed by atoms with Gasteiger partial charge in [-0.15, -0.1) is 0 Å². The van der Waals surface area contributed by atoms with Gasteiger partial charge in [0.25, 0.3) is 0 Å². The molecule has 0 amide bonds. The Morgan fingerprint density at radius 2 is 1.88 bits per heavy atom. The van der Waals surface area contributed by atoms with Gasteiger partial charge in [-0.05, 0) is 25.2 Å². The summed E-state index contributed by atoms with van der Waals surface area (Å²) in [6.45, 7) is 8.16. The maximum absolute atomic E-state index is 11.2. The van der Waals surface area contributed by atoms with Gasteiger partial charge in [0.05, 0.1) is 13.2 Å². The Morgan fingerprint density at radius 1 is 1.18 bits per heavy atom. The van der Waals surface area contributed by atoms with Gasteiger partial charge in [-0.3, -0.25) is 4.79 Å². The molecule has 17 heavy (non-hydrogen) atoms. The van der Waals surface area contributed by atoms with Gasteiger partial charge in [-0.2, -0.15) is 0 Å². The Hall–Kier alpha value is -1.32. The van der Waals surface area contributed by atoms with E-state index in [1.807, 2.05) is 13.8 Å². The van der Waals surface area contributed by atoms with E-state index in [0.29, 0.717) is 25.6 Å². The first-order valence-corrected chi connectivity index (χ1v) is 6.01. The molecule has 0 saturated carbocycles. The number of rotatable bonds is 9. The fourth-order valence-corrected chi connectivity index (χ4v) is 1.11. The first kappa shape index (κ1) is 15.7. The second kappa shape index (κ2) is 9.87. The smallest absolute Gasteiger partial charge is 0.330 e. The van der Waals surface area contributed by atoms with E-state index in [-0.39, 0.29) is 5.97 Å². The van der Waals surface area contributed by atoms with E-state index in [1.54, 1.807) is 0 Å². The van der Waals surface area contributed by atoms with Crippen LogP contribution in [0, 0.1) is 5.92 Å². The van der Waals surface area contributed by atoms with E-state index in [0.717, 1.165) is 25.3 Å². The second-order valence-electron chi connectivity index (χ2n) is 4.26. The average molecular weight is 242 g/mol. The lowest BCUT2D eigenvalue weighted by Gasteiger charge is -2.06. The zero-order valence-corrected chi connectivity index (χ0v) is 10.7. The normalized spacial score (nSPS) is 10.1. The monoisotopic (exact) mass is 242 g/mol. The fourth-order valence-electron chi connectivity index (χ4n) is 1.11. The van der Waals surface area contributed by atoms with Crippen LogP contribution in [0.25, 0.3) is 0 Å². The minimum Gasteiger partial charge on any atom is -0.465 e. The van der Waals surface area contributed by atoms with Crippen LogP contribution in [0.4, 0.5) is 0 Å². The number of ether oxygens (including phenoxy) is 2. The number of hydrogen-bond donors (Lipinski definition) is 0. The summed E-state index contributed by atoms with van der Waals surface area (Å²) in [5, 5.41) is 0. The van der Waals surface area contributed by atoms with Crippen molar-refractivity contribution in [2.75, 3.05) is 13.2 Å². The first-order chi connectivity index (χ1) is 8.06. The van der Waals surface area contributed by atoms with E-state index >= 15 is 0 Å². The highest BCUT2D eigenvalue weighted by Gasteiger charge is 2.04. The standard InChI is InChI=1S/C13H22O4/c1-4-12(14)16-9-7-5-6-8-13(15)17-10-11(2)3/h4,11H,1,5-10H2,2-3H3. The van der Waals surface area contributed by atoms with Crippen LogP contribution >= 0.6 is 0 Å². The topological polar surface area (TPSA) is 52.6 Å². The number of esters is 2. The molecule has 98 valence electrons. The quantitative estimate of drug-likeness (QED) is 0.354. The largest absolute Gasteiger partial charge is 0.465 e. The fraction of sp³-hybridized carbons (Fsp3) is 0.692. The second-order valence-corrected chi connectivity index (χ2v) is 4.26. The van der Waals surface area contributed by atoms with Crippen molar-refractivity contribution >= 4 is 11.9 Å². The predicted octanol–water partition coefficient (Wildman–Crippen LogP) is 2.48. The highest BCUT2D eigenvalue weighted by atomic mass is 16.5. The Balaban J connectivity index is 3.30. The molecule has 0 aliphatic carbocycles. The molecule has 0 aromatic rings. The molecular formula is C13H22O4. The summed E-state index contributed by atoms with van der Waals surface area (Å²) in [6.07, 6.45) is 3.95. The lowest BCUT2D eigenvalue weighted by molar-refractivity contribution is -0.145. The van der Waals surface area contributed by atoms with E-state index in [9.17, 15) is 9.59 Å². The van der Waals surface area contributed by atoms with Crippen molar-refractivity contribution in [1.82, 2.24) is 0 Å². The minimum absolute atomic E-state index is 0.151. The van der Waals surface area contributed by atoms with Crippen LogP contribution in [0.2, 0.25) is 0 Å². The summed E-state index contributed by atoms with van der Waals surface area (Å²) >= 11 is 0. The zero-order valence-electron chi connectivity index (χ0n) is 10.7. The van der Waals surface area contributed by atoms with Crippen LogP contribution in [0.1, 0.15) is 39.5 Å². The van der Waals surface area contributed by atoms with Crippen molar-refractivity contribution in [3.05, 3.63) is 12.7 Å². The third-order valence-electron chi connectivity index (χ3n) is 2.01. The SMILES string of the molecule is C=CC(=O)OCCCCCC(=O)OCC(C)C. The summed E-state index contributed by atoms with van der Waals surface area (Å²) in [5.74, 6) is -0.180. The number of carbonyl (C=O) groups is 2. The van der Waals surface area contributed by atoms with Gasteiger partial charge in [0, 0.05) is 12.5 Å². The van der Waals surface area contributed by atoms with Gasteiger partial charge in [-0.1, -0.05) is 20.4 Å². The van der Waals surface area contributed by atoms with Crippen LogP contribution in [0.15, 0.2) is 12.7 Å². The van der Waals surface area contributed by atoms with Crippen molar-refractivity contribution in [2.24, 2.45) is 5.92 Å². The maximum Gasteiger partial charge on any atom is 0.330 e. The summed E-state index contributed by atoms with van der Waals surface area (Å²) in [6, 6.07) is 0. The Labute approximate surface area is 103 Å². The predicted molar refractivity (Wildman–Crippen MR) is 65.4 cm³/mol. The Bertz CT molecular complexity index is 246. The molecule has 0 bridgehead atoms. The van der Waals surface area contributed by atoms with Gasteiger partial charge < -0.3 is 9.47 Å². The molecule has 0 aromatic heterocycles. The number of unbranched alkanes of at least 4 members (excludes halogenated alkanes) is 2. The van der Waals surface area contributed by atoms with E-state index < -0.39 is 5.97 Å². The van der Waals surface area contributed by atoms with Crippen molar-refractivity contribution in [3.63, 3.8) is 0 Å².